The van der Waals surface area contributed by atoms with Gasteiger partial charge in [-0.3, -0.25) is 9.59 Å². The van der Waals surface area contributed by atoms with E-state index in [9.17, 15) is 18.4 Å². The van der Waals surface area contributed by atoms with E-state index in [1.807, 2.05) is 32.0 Å². The highest BCUT2D eigenvalue weighted by Crippen LogP contribution is 2.22. The smallest absolute Gasteiger partial charge is 0.244 e. The Morgan fingerprint density at radius 3 is 2.38 bits per heavy atom. The average Bonchev–Trinajstić information content (AvgIpc) is 2.51. The highest BCUT2D eigenvalue weighted by atomic mass is 19.2. The molecule has 0 aliphatic heterocycles. The maximum atomic E-state index is 13.2. The molecular formula is C18H18F2N2O2. The fourth-order valence-corrected chi connectivity index (χ4v) is 2.29. The van der Waals surface area contributed by atoms with Crippen molar-refractivity contribution in [3.63, 3.8) is 0 Å². The van der Waals surface area contributed by atoms with E-state index in [0.717, 1.165) is 23.3 Å². The Labute approximate surface area is 139 Å². The van der Waals surface area contributed by atoms with Gasteiger partial charge in [0.15, 0.2) is 11.6 Å². The zero-order chi connectivity index (χ0) is 17.9. The van der Waals surface area contributed by atoms with Gasteiger partial charge in [0, 0.05) is 24.4 Å². The third-order valence-corrected chi connectivity index (χ3v) is 3.54. The number of carbonyl (C=O) groups is 2. The molecule has 126 valence electrons. The molecule has 2 rings (SSSR count). The van der Waals surface area contributed by atoms with Crippen LogP contribution >= 0.6 is 0 Å². The van der Waals surface area contributed by atoms with Crippen LogP contribution in [0, 0.1) is 25.5 Å². The maximum absolute atomic E-state index is 13.2. The number of hydrogen-bond acceptors (Lipinski definition) is 2. The lowest BCUT2D eigenvalue weighted by molar-refractivity contribution is -0.120. The van der Waals surface area contributed by atoms with E-state index < -0.39 is 17.5 Å². The molecule has 0 aliphatic rings. The Hall–Kier alpha value is -2.76. The predicted molar refractivity (Wildman–Crippen MR) is 88.9 cm³/mol. The fraction of sp³-hybridized carbons (Fsp3) is 0.222. The number of anilines is 2. The van der Waals surface area contributed by atoms with Crippen molar-refractivity contribution in [1.29, 1.82) is 0 Å². The number of hydrogen-bond donors (Lipinski definition) is 1. The molecule has 4 nitrogen and oxygen atoms in total. The summed E-state index contributed by atoms with van der Waals surface area (Å²) in [4.78, 5) is 25.4. The second-order valence-corrected chi connectivity index (χ2v) is 5.57. The SMILES string of the molecule is CC(=O)N(CC(=O)Nc1ccc(F)c(F)c1)c1cc(C)ccc1C. The number of amides is 2. The Balaban J connectivity index is 2.18. The van der Waals surface area contributed by atoms with Gasteiger partial charge in [0.1, 0.15) is 6.54 Å². The van der Waals surface area contributed by atoms with Gasteiger partial charge in [-0.2, -0.15) is 0 Å². The first-order valence-corrected chi connectivity index (χ1v) is 7.38. The molecule has 0 saturated heterocycles. The second kappa shape index (κ2) is 7.21. The molecule has 24 heavy (non-hydrogen) atoms. The van der Waals surface area contributed by atoms with Crippen molar-refractivity contribution < 1.29 is 18.4 Å². The van der Waals surface area contributed by atoms with Crippen LogP contribution in [0.1, 0.15) is 18.1 Å². The molecule has 0 bridgehead atoms. The summed E-state index contributed by atoms with van der Waals surface area (Å²) in [6, 6.07) is 8.68. The molecule has 0 aliphatic carbocycles. The van der Waals surface area contributed by atoms with E-state index in [0.29, 0.717) is 5.69 Å². The number of aryl methyl sites for hydroxylation is 2. The summed E-state index contributed by atoms with van der Waals surface area (Å²) in [5, 5.41) is 2.46. The van der Waals surface area contributed by atoms with Crippen LogP contribution in [0.3, 0.4) is 0 Å². The normalized spacial score (nSPS) is 10.4. The Bertz CT molecular complexity index is 791. The molecule has 2 aromatic carbocycles. The average molecular weight is 332 g/mol. The molecule has 0 unspecified atom stereocenters. The monoisotopic (exact) mass is 332 g/mol. The zero-order valence-electron chi connectivity index (χ0n) is 13.7. The lowest BCUT2D eigenvalue weighted by Gasteiger charge is -2.23. The number of carbonyl (C=O) groups excluding carboxylic acids is 2. The Kier molecular flexibility index (Phi) is 5.28. The molecule has 0 aromatic heterocycles. The number of benzene rings is 2. The number of rotatable bonds is 4. The largest absolute Gasteiger partial charge is 0.324 e. The topological polar surface area (TPSA) is 49.4 Å². The summed E-state index contributed by atoms with van der Waals surface area (Å²) in [5.41, 5.74) is 2.59. The van der Waals surface area contributed by atoms with Crippen LogP contribution < -0.4 is 10.2 Å². The van der Waals surface area contributed by atoms with E-state index in [4.69, 9.17) is 0 Å². The Morgan fingerprint density at radius 1 is 1.04 bits per heavy atom. The fourth-order valence-electron chi connectivity index (χ4n) is 2.29. The minimum Gasteiger partial charge on any atom is -0.324 e. The van der Waals surface area contributed by atoms with Crippen molar-refractivity contribution in [2.45, 2.75) is 20.8 Å². The van der Waals surface area contributed by atoms with Crippen molar-refractivity contribution in [2.75, 3.05) is 16.8 Å². The summed E-state index contributed by atoms with van der Waals surface area (Å²) in [6.45, 7) is 4.88. The number of nitrogens with one attached hydrogen (secondary N) is 1. The van der Waals surface area contributed by atoms with Crippen molar-refractivity contribution in [1.82, 2.24) is 0 Å². The molecule has 2 amide bonds. The minimum absolute atomic E-state index is 0.128. The molecule has 0 fully saturated rings. The van der Waals surface area contributed by atoms with Crippen LogP contribution in [-0.4, -0.2) is 18.4 Å². The van der Waals surface area contributed by atoms with Gasteiger partial charge in [0.05, 0.1) is 0 Å². The van der Waals surface area contributed by atoms with Crippen LogP contribution in [0.2, 0.25) is 0 Å². The molecule has 0 spiro atoms. The van der Waals surface area contributed by atoms with Crippen LogP contribution in [-0.2, 0) is 9.59 Å². The van der Waals surface area contributed by atoms with Crippen molar-refractivity contribution >= 4 is 23.2 Å². The summed E-state index contributed by atoms with van der Waals surface area (Å²) >= 11 is 0. The van der Waals surface area contributed by atoms with Gasteiger partial charge in [0.2, 0.25) is 11.8 Å². The standard InChI is InChI=1S/C18H18F2N2O2/c1-11-4-5-12(2)17(8-11)22(13(3)23)10-18(24)21-14-6-7-15(19)16(20)9-14/h4-9H,10H2,1-3H3,(H,21,24). The molecule has 0 atom stereocenters. The van der Waals surface area contributed by atoms with Gasteiger partial charge in [-0.05, 0) is 43.2 Å². The maximum Gasteiger partial charge on any atom is 0.244 e. The third kappa shape index (κ3) is 4.16. The molecule has 2 aromatic rings. The van der Waals surface area contributed by atoms with Crippen molar-refractivity contribution in [3.05, 3.63) is 59.2 Å². The van der Waals surface area contributed by atoms with Crippen LogP contribution in [0.4, 0.5) is 20.2 Å². The van der Waals surface area contributed by atoms with Gasteiger partial charge < -0.3 is 10.2 Å². The zero-order valence-corrected chi connectivity index (χ0v) is 13.7. The van der Waals surface area contributed by atoms with Gasteiger partial charge in [-0.1, -0.05) is 12.1 Å². The predicted octanol–water partition coefficient (Wildman–Crippen LogP) is 3.57. The van der Waals surface area contributed by atoms with Gasteiger partial charge in [0.25, 0.3) is 0 Å². The lowest BCUT2D eigenvalue weighted by atomic mass is 10.1. The summed E-state index contributed by atoms with van der Waals surface area (Å²) in [5.74, 6) is -2.83. The number of nitrogens with zero attached hydrogens (tertiary/aromatic N) is 1. The van der Waals surface area contributed by atoms with E-state index >= 15 is 0 Å². The second-order valence-electron chi connectivity index (χ2n) is 5.57. The molecule has 0 radical (unpaired) electrons. The highest BCUT2D eigenvalue weighted by molar-refractivity contribution is 6.02. The number of halogens is 2. The molecule has 0 heterocycles. The van der Waals surface area contributed by atoms with Gasteiger partial charge in [-0.25, -0.2) is 8.78 Å². The minimum atomic E-state index is -1.05. The molecule has 6 heteroatoms. The summed E-state index contributed by atoms with van der Waals surface area (Å²) in [7, 11) is 0. The van der Waals surface area contributed by atoms with E-state index in [2.05, 4.69) is 5.32 Å². The quantitative estimate of drug-likeness (QED) is 0.930. The van der Waals surface area contributed by atoms with Crippen molar-refractivity contribution in [3.8, 4) is 0 Å². The van der Waals surface area contributed by atoms with E-state index in [1.54, 1.807) is 0 Å². The molecular weight excluding hydrogens is 314 g/mol. The molecule has 1 N–H and O–H groups in total. The van der Waals surface area contributed by atoms with E-state index in [1.165, 1.54) is 17.9 Å². The van der Waals surface area contributed by atoms with Crippen LogP contribution in [0.25, 0.3) is 0 Å². The van der Waals surface area contributed by atoms with Gasteiger partial charge in [-0.15, -0.1) is 0 Å². The van der Waals surface area contributed by atoms with Gasteiger partial charge >= 0.3 is 0 Å². The highest BCUT2D eigenvalue weighted by Gasteiger charge is 2.18. The molecule has 0 saturated carbocycles. The first kappa shape index (κ1) is 17.6. The Morgan fingerprint density at radius 2 is 1.75 bits per heavy atom. The van der Waals surface area contributed by atoms with Crippen LogP contribution in [0.15, 0.2) is 36.4 Å². The summed E-state index contributed by atoms with van der Waals surface area (Å²) in [6.07, 6.45) is 0. The lowest BCUT2D eigenvalue weighted by Crippen LogP contribution is -2.37. The first-order valence-electron chi connectivity index (χ1n) is 7.38. The van der Waals surface area contributed by atoms with Crippen molar-refractivity contribution in [2.24, 2.45) is 0 Å². The first-order chi connectivity index (χ1) is 11.3. The summed E-state index contributed by atoms with van der Waals surface area (Å²) < 4.78 is 26.1. The third-order valence-electron chi connectivity index (χ3n) is 3.54. The van der Waals surface area contributed by atoms with E-state index in [-0.39, 0.29) is 18.1 Å². The van der Waals surface area contributed by atoms with Crippen LogP contribution in [0.5, 0.6) is 0 Å².